The first-order valence-corrected chi connectivity index (χ1v) is 7.12. The number of rotatable bonds is 8. The van der Waals surface area contributed by atoms with Crippen LogP contribution in [0.2, 0.25) is 0 Å². The number of hydrogen-bond acceptors (Lipinski definition) is 4. The summed E-state index contributed by atoms with van der Waals surface area (Å²) in [5.41, 5.74) is 1.12. The van der Waals surface area contributed by atoms with Gasteiger partial charge >= 0.3 is 0 Å². The van der Waals surface area contributed by atoms with Gasteiger partial charge in [0.2, 0.25) is 0 Å². The Bertz CT molecular complexity index is 400. The topological polar surface area (TPSA) is 52.6 Å². The Hall–Kier alpha value is -0.910. The van der Waals surface area contributed by atoms with Gasteiger partial charge in [-0.15, -0.1) is 0 Å². The Kier molecular flexibility index (Phi) is 6.18. The first-order valence-electron chi connectivity index (χ1n) is 5.54. The molecule has 0 bridgehead atoms. The summed E-state index contributed by atoms with van der Waals surface area (Å²) in [6.07, 6.45) is 1.28. The van der Waals surface area contributed by atoms with Crippen LogP contribution in [0.1, 0.15) is 18.4 Å². The lowest BCUT2D eigenvalue weighted by atomic mass is 10.2. The summed E-state index contributed by atoms with van der Waals surface area (Å²) in [7, 11) is -2.13. The summed E-state index contributed by atoms with van der Waals surface area (Å²) in [6.45, 7) is 1.13. The van der Waals surface area contributed by atoms with Crippen LogP contribution < -0.4 is 0 Å². The van der Waals surface area contributed by atoms with Crippen molar-refractivity contribution in [2.24, 2.45) is 0 Å². The standard InChI is InChI=1S/C12H18O4S/c1-15-17(13,14)10-6-5-9-16-11-12-7-3-2-4-8-12/h2-4,7-8H,5-6,9-11H2,1H3. The van der Waals surface area contributed by atoms with E-state index in [0.717, 1.165) is 12.0 Å². The maximum atomic E-state index is 11.0. The average Bonchev–Trinajstić information content (AvgIpc) is 2.35. The van der Waals surface area contributed by atoms with Gasteiger partial charge in [-0.05, 0) is 18.4 Å². The Morgan fingerprint density at radius 3 is 2.47 bits per heavy atom. The second-order valence-electron chi connectivity index (χ2n) is 3.67. The van der Waals surface area contributed by atoms with Crippen LogP contribution in [0.4, 0.5) is 0 Å². The molecule has 96 valence electrons. The molecular formula is C12H18O4S. The van der Waals surface area contributed by atoms with E-state index in [1.54, 1.807) is 0 Å². The van der Waals surface area contributed by atoms with Crippen LogP contribution in [0.15, 0.2) is 30.3 Å². The SMILES string of the molecule is COS(=O)(=O)CCCCOCc1ccccc1. The number of ether oxygens (including phenoxy) is 1. The van der Waals surface area contributed by atoms with E-state index in [4.69, 9.17) is 4.74 Å². The highest BCUT2D eigenvalue weighted by Gasteiger charge is 2.06. The van der Waals surface area contributed by atoms with Crippen molar-refractivity contribution < 1.29 is 17.3 Å². The van der Waals surface area contributed by atoms with Gasteiger partial charge < -0.3 is 4.74 Å². The van der Waals surface area contributed by atoms with E-state index in [2.05, 4.69) is 4.18 Å². The lowest BCUT2D eigenvalue weighted by Crippen LogP contribution is -2.08. The molecule has 0 heterocycles. The van der Waals surface area contributed by atoms with Gasteiger partial charge in [-0.25, -0.2) is 0 Å². The lowest BCUT2D eigenvalue weighted by molar-refractivity contribution is 0.118. The van der Waals surface area contributed by atoms with E-state index >= 15 is 0 Å². The predicted octanol–water partition coefficient (Wildman–Crippen LogP) is 1.96. The largest absolute Gasteiger partial charge is 0.377 e. The summed E-state index contributed by atoms with van der Waals surface area (Å²) in [5.74, 6) is 0.0538. The van der Waals surface area contributed by atoms with Gasteiger partial charge in [0.25, 0.3) is 10.1 Å². The normalized spacial score (nSPS) is 11.6. The maximum absolute atomic E-state index is 11.0. The third-order valence-electron chi connectivity index (χ3n) is 2.30. The highest BCUT2D eigenvalue weighted by Crippen LogP contribution is 2.02. The van der Waals surface area contributed by atoms with E-state index < -0.39 is 10.1 Å². The molecule has 0 aliphatic heterocycles. The third kappa shape index (κ3) is 6.41. The molecule has 4 nitrogen and oxygen atoms in total. The molecule has 0 fully saturated rings. The van der Waals surface area contributed by atoms with E-state index in [1.165, 1.54) is 7.11 Å². The minimum Gasteiger partial charge on any atom is -0.377 e. The quantitative estimate of drug-likeness (QED) is 0.528. The van der Waals surface area contributed by atoms with Crippen LogP contribution in [0.25, 0.3) is 0 Å². The molecule has 0 amide bonds. The molecule has 1 rings (SSSR count). The molecule has 0 aromatic heterocycles. The molecule has 0 unspecified atom stereocenters. The van der Waals surface area contributed by atoms with E-state index in [0.29, 0.717) is 19.6 Å². The van der Waals surface area contributed by atoms with Crippen molar-refractivity contribution in [1.82, 2.24) is 0 Å². The first-order chi connectivity index (χ1) is 8.14. The van der Waals surface area contributed by atoms with Crippen molar-refractivity contribution in [3.63, 3.8) is 0 Å². The summed E-state index contributed by atoms with van der Waals surface area (Å²) in [6, 6.07) is 9.87. The Morgan fingerprint density at radius 1 is 1.12 bits per heavy atom. The zero-order valence-corrected chi connectivity index (χ0v) is 10.8. The van der Waals surface area contributed by atoms with Crippen LogP contribution in [-0.4, -0.2) is 27.9 Å². The van der Waals surface area contributed by atoms with Crippen molar-refractivity contribution >= 4 is 10.1 Å². The van der Waals surface area contributed by atoms with E-state index in [-0.39, 0.29) is 5.75 Å². The highest BCUT2D eigenvalue weighted by molar-refractivity contribution is 7.86. The fraction of sp³-hybridized carbons (Fsp3) is 0.500. The van der Waals surface area contributed by atoms with Crippen molar-refractivity contribution in [3.05, 3.63) is 35.9 Å². The molecule has 0 saturated carbocycles. The average molecular weight is 258 g/mol. The lowest BCUT2D eigenvalue weighted by Gasteiger charge is -2.04. The van der Waals surface area contributed by atoms with Gasteiger partial charge in [-0.1, -0.05) is 30.3 Å². The summed E-state index contributed by atoms with van der Waals surface area (Å²) < 4.78 is 31.8. The third-order valence-corrected chi connectivity index (χ3v) is 3.60. The molecule has 0 atom stereocenters. The van der Waals surface area contributed by atoms with Gasteiger partial charge in [-0.3, -0.25) is 4.18 Å². The van der Waals surface area contributed by atoms with Crippen LogP contribution in [0.5, 0.6) is 0 Å². The van der Waals surface area contributed by atoms with Gasteiger partial charge in [0.05, 0.1) is 19.5 Å². The van der Waals surface area contributed by atoms with Crippen LogP contribution in [0, 0.1) is 0 Å². The molecule has 5 heteroatoms. The minimum absolute atomic E-state index is 0.0538. The van der Waals surface area contributed by atoms with Crippen molar-refractivity contribution in [2.75, 3.05) is 19.5 Å². The van der Waals surface area contributed by atoms with Crippen LogP contribution in [-0.2, 0) is 25.6 Å². The zero-order valence-electron chi connectivity index (χ0n) is 9.96. The molecule has 17 heavy (non-hydrogen) atoms. The van der Waals surface area contributed by atoms with Crippen molar-refractivity contribution in [3.8, 4) is 0 Å². The molecule has 0 aliphatic rings. The van der Waals surface area contributed by atoms with Gasteiger partial charge in [0.15, 0.2) is 0 Å². The number of hydrogen-bond donors (Lipinski definition) is 0. The maximum Gasteiger partial charge on any atom is 0.267 e. The molecule has 1 aromatic carbocycles. The molecule has 1 aromatic rings. The highest BCUT2D eigenvalue weighted by atomic mass is 32.2. The minimum atomic E-state index is -3.31. The molecule has 0 N–H and O–H groups in total. The van der Waals surface area contributed by atoms with Crippen molar-refractivity contribution in [2.45, 2.75) is 19.4 Å². The summed E-state index contributed by atoms with van der Waals surface area (Å²) >= 11 is 0. The molecular weight excluding hydrogens is 240 g/mol. The molecule has 0 radical (unpaired) electrons. The molecule has 0 saturated heterocycles. The smallest absolute Gasteiger partial charge is 0.267 e. The monoisotopic (exact) mass is 258 g/mol. The molecule has 0 aliphatic carbocycles. The van der Waals surface area contributed by atoms with Gasteiger partial charge in [0.1, 0.15) is 0 Å². The first kappa shape index (κ1) is 14.2. The Balaban J connectivity index is 2.06. The summed E-state index contributed by atoms with van der Waals surface area (Å²) in [4.78, 5) is 0. The summed E-state index contributed by atoms with van der Waals surface area (Å²) in [5, 5.41) is 0. The molecule has 0 spiro atoms. The fourth-order valence-corrected chi connectivity index (χ4v) is 2.05. The second-order valence-corrected chi connectivity index (χ2v) is 5.53. The number of unbranched alkanes of at least 4 members (excludes halogenated alkanes) is 1. The van der Waals surface area contributed by atoms with Gasteiger partial charge in [-0.2, -0.15) is 8.42 Å². The van der Waals surface area contributed by atoms with Gasteiger partial charge in [0, 0.05) is 6.61 Å². The van der Waals surface area contributed by atoms with E-state index in [1.807, 2.05) is 30.3 Å². The van der Waals surface area contributed by atoms with E-state index in [9.17, 15) is 8.42 Å². The Labute approximate surface area is 103 Å². The zero-order chi connectivity index (χ0) is 12.6. The van der Waals surface area contributed by atoms with Crippen LogP contribution >= 0.6 is 0 Å². The second kappa shape index (κ2) is 7.42. The number of benzene rings is 1. The van der Waals surface area contributed by atoms with Crippen LogP contribution in [0.3, 0.4) is 0 Å². The Morgan fingerprint density at radius 2 is 1.82 bits per heavy atom. The van der Waals surface area contributed by atoms with Crippen molar-refractivity contribution in [1.29, 1.82) is 0 Å². The fourth-order valence-electron chi connectivity index (χ4n) is 1.33. The predicted molar refractivity (Wildman–Crippen MR) is 66.1 cm³/mol.